The number of hydrogen-bond donors (Lipinski definition) is 3. The second-order valence-electron chi connectivity index (χ2n) is 4.57. The van der Waals surface area contributed by atoms with E-state index in [0.717, 1.165) is 12.0 Å². The van der Waals surface area contributed by atoms with Crippen LogP contribution in [0.25, 0.3) is 0 Å². The highest BCUT2D eigenvalue weighted by Gasteiger charge is 2.24. The van der Waals surface area contributed by atoms with Gasteiger partial charge in [0, 0.05) is 16.9 Å². The number of nitrogen functional groups attached to an aromatic ring is 2. The summed E-state index contributed by atoms with van der Waals surface area (Å²) < 4.78 is 0. The third kappa shape index (κ3) is 2.10. The van der Waals surface area contributed by atoms with Crippen molar-refractivity contribution in [2.75, 3.05) is 11.5 Å². The Labute approximate surface area is 95.3 Å². The smallest absolute Gasteiger partial charge is 0.335 e. The van der Waals surface area contributed by atoms with Crippen molar-refractivity contribution in [1.29, 1.82) is 0 Å². The van der Waals surface area contributed by atoms with Gasteiger partial charge < -0.3 is 16.6 Å². The van der Waals surface area contributed by atoms with E-state index in [0.29, 0.717) is 11.4 Å². The highest BCUT2D eigenvalue weighted by molar-refractivity contribution is 5.91. The van der Waals surface area contributed by atoms with Crippen LogP contribution in [0.3, 0.4) is 0 Å². The molecule has 0 bridgehead atoms. The van der Waals surface area contributed by atoms with Crippen molar-refractivity contribution in [2.24, 2.45) is 0 Å². The summed E-state index contributed by atoms with van der Waals surface area (Å²) >= 11 is 0. The zero-order chi connectivity index (χ0) is 12.5. The van der Waals surface area contributed by atoms with Crippen LogP contribution in [0.4, 0.5) is 11.4 Å². The molecule has 0 spiro atoms. The maximum absolute atomic E-state index is 10.8. The zero-order valence-corrected chi connectivity index (χ0v) is 9.87. The molecule has 4 heteroatoms. The SMILES string of the molecule is CCC(C)(C)c1c(N)cc(C(=O)O)cc1N. The molecule has 1 rings (SSSR count). The molecule has 0 amide bonds. The van der Waals surface area contributed by atoms with Crippen molar-refractivity contribution in [3.05, 3.63) is 23.3 Å². The largest absolute Gasteiger partial charge is 0.478 e. The van der Waals surface area contributed by atoms with E-state index in [2.05, 4.69) is 0 Å². The highest BCUT2D eigenvalue weighted by atomic mass is 16.4. The summed E-state index contributed by atoms with van der Waals surface area (Å²) in [7, 11) is 0. The minimum atomic E-state index is -1.01. The molecule has 0 saturated carbocycles. The molecule has 0 fully saturated rings. The van der Waals surface area contributed by atoms with E-state index in [4.69, 9.17) is 16.6 Å². The molecule has 0 radical (unpaired) electrons. The van der Waals surface area contributed by atoms with E-state index < -0.39 is 5.97 Å². The van der Waals surface area contributed by atoms with Gasteiger partial charge in [0.2, 0.25) is 0 Å². The lowest BCUT2D eigenvalue weighted by atomic mass is 9.80. The van der Waals surface area contributed by atoms with Crippen LogP contribution in [-0.4, -0.2) is 11.1 Å². The first kappa shape index (κ1) is 12.4. The number of hydrogen-bond acceptors (Lipinski definition) is 3. The van der Waals surface area contributed by atoms with E-state index in [1.54, 1.807) is 0 Å². The van der Waals surface area contributed by atoms with Gasteiger partial charge in [0.15, 0.2) is 0 Å². The molecule has 0 aromatic heterocycles. The van der Waals surface area contributed by atoms with E-state index >= 15 is 0 Å². The van der Waals surface area contributed by atoms with Crippen molar-refractivity contribution in [3.8, 4) is 0 Å². The number of nitrogens with two attached hydrogens (primary N) is 2. The minimum absolute atomic E-state index is 0.130. The normalized spacial score (nSPS) is 11.4. The molecule has 0 aliphatic carbocycles. The van der Waals surface area contributed by atoms with Crippen molar-refractivity contribution >= 4 is 17.3 Å². The van der Waals surface area contributed by atoms with E-state index in [1.807, 2.05) is 20.8 Å². The molecule has 88 valence electrons. The van der Waals surface area contributed by atoms with Crippen LogP contribution in [0.15, 0.2) is 12.1 Å². The number of carboxylic acid groups (broad SMARTS) is 1. The van der Waals surface area contributed by atoms with Crippen LogP contribution in [0.1, 0.15) is 43.1 Å². The van der Waals surface area contributed by atoms with Gasteiger partial charge >= 0.3 is 5.97 Å². The molecule has 16 heavy (non-hydrogen) atoms. The lowest BCUT2D eigenvalue weighted by Crippen LogP contribution is -2.20. The predicted octanol–water partition coefficient (Wildman–Crippen LogP) is 2.24. The van der Waals surface area contributed by atoms with Gasteiger partial charge in [-0.25, -0.2) is 4.79 Å². The average molecular weight is 222 g/mol. The number of carbonyl (C=O) groups is 1. The average Bonchev–Trinajstić information content (AvgIpc) is 2.16. The third-order valence-electron chi connectivity index (χ3n) is 3.01. The van der Waals surface area contributed by atoms with Gasteiger partial charge in [-0.15, -0.1) is 0 Å². The highest BCUT2D eigenvalue weighted by Crippen LogP contribution is 2.36. The first-order chi connectivity index (χ1) is 7.29. The first-order valence-corrected chi connectivity index (χ1v) is 5.22. The van der Waals surface area contributed by atoms with E-state index in [1.165, 1.54) is 12.1 Å². The van der Waals surface area contributed by atoms with Gasteiger partial charge in [-0.2, -0.15) is 0 Å². The molecule has 5 N–H and O–H groups in total. The minimum Gasteiger partial charge on any atom is -0.478 e. The fraction of sp³-hybridized carbons (Fsp3) is 0.417. The fourth-order valence-corrected chi connectivity index (χ4v) is 1.77. The first-order valence-electron chi connectivity index (χ1n) is 5.22. The molecular weight excluding hydrogens is 204 g/mol. The van der Waals surface area contributed by atoms with Gasteiger partial charge in [-0.05, 0) is 24.0 Å². The molecule has 0 atom stereocenters. The van der Waals surface area contributed by atoms with Gasteiger partial charge in [0.1, 0.15) is 0 Å². The molecular formula is C12H18N2O2. The number of anilines is 2. The Morgan fingerprint density at radius 2 is 1.75 bits per heavy atom. The molecule has 0 heterocycles. The van der Waals surface area contributed by atoms with Crippen molar-refractivity contribution in [2.45, 2.75) is 32.6 Å². The summed E-state index contributed by atoms with van der Waals surface area (Å²) in [6.07, 6.45) is 0.883. The Balaban J connectivity index is 3.39. The van der Waals surface area contributed by atoms with Gasteiger partial charge in [0.25, 0.3) is 0 Å². The Morgan fingerprint density at radius 1 is 1.31 bits per heavy atom. The van der Waals surface area contributed by atoms with Crippen LogP contribution in [0.5, 0.6) is 0 Å². The van der Waals surface area contributed by atoms with Crippen molar-refractivity contribution in [3.63, 3.8) is 0 Å². The number of rotatable bonds is 3. The monoisotopic (exact) mass is 222 g/mol. The summed E-state index contributed by atoms with van der Waals surface area (Å²) in [6, 6.07) is 2.93. The zero-order valence-electron chi connectivity index (χ0n) is 9.87. The number of benzene rings is 1. The lowest BCUT2D eigenvalue weighted by Gasteiger charge is -2.27. The third-order valence-corrected chi connectivity index (χ3v) is 3.01. The van der Waals surface area contributed by atoms with Crippen LogP contribution in [0, 0.1) is 0 Å². The standard InChI is InChI=1S/C12H18N2O2/c1-4-12(2,3)10-8(13)5-7(11(15)16)6-9(10)14/h5-6H,4,13-14H2,1-3H3,(H,15,16). The Morgan fingerprint density at radius 3 is 2.06 bits per heavy atom. The Kier molecular flexibility index (Phi) is 3.12. The summed E-state index contributed by atoms with van der Waals surface area (Å²) in [4.78, 5) is 10.8. The topological polar surface area (TPSA) is 89.3 Å². The summed E-state index contributed by atoms with van der Waals surface area (Å²) in [5.74, 6) is -1.01. The van der Waals surface area contributed by atoms with E-state index in [9.17, 15) is 4.79 Å². The predicted molar refractivity (Wildman–Crippen MR) is 65.5 cm³/mol. The second-order valence-corrected chi connectivity index (χ2v) is 4.57. The van der Waals surface area contributed by atoms with E-state index in [-0.39, 0.29) is 11.0 Å². The number of aromatic carboxylic acids is 1. The molecule has 1 aromatic carbocycles. The molecule has 0 aliphatic heterocycles. The van der Waals surface area contributed by atoms with Crippen LogP contribution >= 0.6 is 0 Å². The van der Waals surface area contributed by atoms with Crippen LogP contribution in [-0.2, 0) is 5.41 Å². The summed E-state index contributed by atoms with van der Waals surface area (Å²) in [5, 5.41) is 8.87. The second kappa shape index (κ2) is 4.04. The Hall–Kier alpha value is -1.71. The van der Waals surface area contributed by atoms with Crippen LogP contribution < -0.4 is 11.5 Å². The molecule has 0 saturated heterocycles. The molecule has 0 unspecified atom stereocenters. The summed E-state index contributed by atoms with van der Waals surface area (Å²) in [6.45, 7) is 6.12. The van der Waals surface area contributed by atoms with Crippen LogP contribution in [0.2, 0.25) is 0 Å². The lowest BCUT2D eigenvalue weighted by molar-refractivity contribution is 0.0697. The Bertz CT molecular complexity index is 402. The van der Waals surface area contributed by atoms with Gasteiger partial charge in [-0.3, -0.25) is 0 Å². The quantitative estimate of drug-likeness (QED) is 0.684. The number of carboxylic acids is 1. The van der Waals surface area contributed by atoms with Crippen molar-refractivity contribution < 1.29 is 9.90 Å². The maximum Gasteiger partial charge on any atom is 0.335 e. The fourth-order valence-electron chi connectivity index (χ4n) is 1.77. The molecule has 0 aliphatic rings. The van der Waals surface area contributed by atoms with Crippen molar-refractivity contribution in [1.82, 2.24) is 0 Å². The van der Waals surface area contributed by atoms with Gasteiger partial charge in [0.05, 0.1) is 5.56 Å². The summed E-state index contributed by atoms with van der Waals surface area (Å²) in [5.41, 5.74) is 13.5. The molecule has 1 aromatic rings. The maximum atomic E-state index is 10.8. The van der Waals surface area contributed by atoms with Gasteiger partial charge in [-0.1, -0.05) is 20.8 Å². The molecule has 4 nitrogen and oxygen atoms in total.